The summed E-state index contributed by atoms with van der Waals surface area (Å²) < 4.78 is 5.75. The van der Waals surface area contributed by atoms with Crippen molar-refractivity contribution in [1.82, 2.24) is 0 Å². The van der Waals surface area contributed by atoms with Gasteiger partial charge in [0.25, 0.3) is 5.91 Å². The van der Waals surface area contributed by atoms with Gasteiger partial charge in [-0.3, -0.25) is 4.79 Å². The zero-order chi connectivity index (χ0) is 18.6. The Morgan fingerprint density at radius 1 is 0.920 bits per heavy atom. The van der Waals surface area contributed by atoms with Crippen LogP contribution in [0.4, 0.5) is 5.69 Å². The van der Waals surface area contributed by atoms with E-state index in [0.717, 1.165) is 5.69 Å². The third-order valence-electron chi connectivity index (χ3n) is 4.25. The van der Waals surface area contributed by atoms with Crippen LogP contribution in [-0.4, -0.2) is 12.0 Å². The molecule has 1 N–H and O–H groups in total. The van der Waals surface area contributed by atoms with Gasteiger partial charge in [-0.15, -0.1) is 0 Å². The molecule has 0 aliphatic heterocycles. The minimum atomic E-state index is -0.563. The van der Waals surface area contributed by atoms with Gasteiger partial charge >= 0.3 is 0 Å². The molecule has 1 amide bonds. The Morgan fingerprint density at radius 3 is 1.96 bits per heavy atom. The Bertz CT molecular complexity index is 694. The van der Waals surface area contributed by atoms with E-state index in [4.69, 9.17) is 4.74 Å². The Labute approximate surface area is 151 Å². The lowest BCUT2D eigenvalue weighted by atomic mass is 9.87. The first-order chi connectivity index (χ1) is 11.7. The SMILES string of the molecule is CC(Oc1ccc(C(C)C)cc1)C(=O)Nc1ccc(C(C)(C)C)cc1. The van der Waals surface area contributed by atoms with Crippen LogP contribution < -0.4 is 10.1 Å². The lowest BCUT2D eigenvalue weighted by molar-refractivity contribution is -0.122. The highest BCUT2D eigenvalue weighted by Crippen LogP contribution is 2.24. The number of carbonyl (C=O) groups excluding carboxylic acids is 1. The van der Waals surface area contributed by atoms with Gasteiger partial charge in [-0.25, -0.2) is 0 Å². The summed E-state index contributed by atoms with van der Waals surface area (Å²) in [5, 5.41) is 2.91. The minimum absolute atomic E-state index is 0.0983. The molecule has 1 atom stereocenters. The molecule has 2 aromatic carbocycles. The number of hydrogen-bond donors (Lipinski definition) is 1. The molecule has 0 aliphatic carbocycles. The van der Waals surface area contributed by atoms with Crippen molar-refractivity contribution in [2.24, 2.45) is 0 Å². The first-order valence-electron chi connectivity index (χ1n) is 8.85. The van der Waals surface area contributed by atoms with E-state index in [2.05, 4.69) is 39.9 Å². The molecule has 3 nitrogen and oxygen atoms in total. The molecule has 0 saturated heterocycles. The van der Waals surface area contributed by atoms with Crippen LogP contribution in [0.2, 0.25) is 0 Å². The first-order valence-corrected chi connectivity index (χ1v) is 8.85. The van der Waals surface area contributed by atoms with Crippen LogP contribution in [0, 0.1) is 0 Å². The molecule has 2 aromatic rings. The number of hydrogen-bond acceptors (Lipinski definition) is 2. The molecule has 134 valence electrons. The smallest absolute Gasteiger partial charge is 0.265 e. The molecule has 0 spiro atoms. The highest BCUT2D eigenvalue weighted by atomic mass is 16.5. The number of nitrogens with one attached hydrogen (secondary N) is 1. The fourth-order valence-corrected chi connectivity index (χ4v) is 2.49. The van der Waals surface area contributed by atoms with Gasteiger partial charge in [-0.1, -0.05) is 58.9 Å². The number of rotatable bonds is 5. The standard InChI is InChI=1S/C22H29NO2/c1-15(2)17-7-13-20(14-8-17)25-16(3)21(24)23-19-11-9-18(10-12-19)22(4,5)6/h7-16H,1-6H3,(H,23,24). The van der Waals surface area contributed by atoms with Crippen LogP contribution in [0.3, 0.4) is 0 Å². The quantitative estimate of drug-likeness (QED) is 0.779. The van der Waals surface area contributed by atoms with Gasteiger partial charge in [0, 0.05) is 5.69 Å². The predicted molar refractivity (Wildman–Crippen MR) is 104 cm³/mol. The predicted octanol–water partition coefficient (Wildman–Crippen LogP) is 5.51. The average Bonchev–Trinajstić information content (AvgIpc) is 2.55. The highest BCUT2D eigenvalue weighted by molar-refractivity contribution is 5.94. The number of anilines is 1. The third kappa shape index (κ3) is 5.35. The van der Waals surface area contributed by atoms with Gasteiger partial charge in [-0.2, -0.15) is 0 Å². The summed E-state index contributed by atoms with van der Waals surface area (Å²) in [6.45, 7) is 12.6. The molecule has 0 fully saturated rings. The van der Waals surface area contributed by atoms with Crippen molar-refractivity contribution in [3.05, 3.63) is 59.7 Å². The number of amides is 1. The van der Waals surface area contributed by atoms with Crippen molar-refractivity contribution in [2.45, 2.75) is 59.0 Å². The summed E-state index contributed by atoms with van der Waals surface area (Å²) >= 11 is 0. The van der Waals surface area contributed by atoms with E-state index in [9.17, 15) is 4.79 Å². The maximum Gasteiger partial charge on any atom is 0.265 e. The number of benzene rings is 2. The molecule has 2 rings (SSSR count). The zero-order valence-electron chi connectivity index (χ0n) is 16.1. The Kier molecular flexibility index (Phi) is 5.89. The molecule has 3 heteroatoms. The Hall–Kier alpha value is -2.29. The van der Waals surface area contributed by atoms with Crippen molar-refractivity contribution in [3.8, 4) is 5.75 Å². The van der Waals surface area contributed by atoms with Gasteiger partial charge in [-0.05, 0) is 53.6 Å². The van der Waals surface area contributed by atoms with Gasteiger partial charge in [0.2, 0.25) is 0 Å². The number of ether oxygens (including phenoxy) is 1. The molecule has 1 unspecified atom stereocenters. The van der Waals surface area contributed by atoms with Crippen molar-refractivity contribution < 1.29 is 9.53 Å². The van der Waals surface area contributed by atoms with Gasteiger partial charge in [0.15, 0.2) is 6.10 Å². The molecule has 0 bridgehead atoms. The van der Waals surface area contributed by atoms with Crippen LogP contribution >= 0.6 is 0 Å². The molecule has 0 heterocycles. The van der Waals surface area contributed by atoms with Crippen LogP contribution in [0.15, 0.2) is 48.5 Å². The minimum Gasteiger partial charge on any atom is -0.481 e. The van der Waals surface area contributed by atoms with Crippen molar-refractivity contribution in [2.75, 3.05) is 5.32 Å². The Morgan fingerprint density at radius 2 is 1.48 bits per heavy atom. The summed E-state index contributed by atoms with van der Waals surface area (Å²) in [4.78, 5) is 12.3. The maximum absolute atomic E-state index is 12.3. The second kappa shape index (κ2) is 7.73. The fraction of sp³-hybridized carbons (Fsp3) is 0.409. The van der Waals surface area contributed by atoms with E-state index < -0.39 is 6.10 Å². The van der Waals surface area contributed by atoms with Crippen molar-refractivity contribution in [1.29, 1.82) is 0 Å². The monoisotopic (exact) mass is 339 g/mol. The molecule has 0 aromatic heterocycles. The first kappa shape index (κ1) is 19.0. The van der Waals surface area contributed by atoms with E-state index in [1.54, 1.807) is 6.92 Å². The highest BCUT2D eigenvalue weighted by Gasteiger charge is 2.16. The average molecular weight is 339 g/mol. The second-order valence-electron chi connectivity index (χ2n) is 7.80. The normalized spacial score (nSPS) is 12.8. The van der Waals surface area contributed by atoms with Gasteiger partial charge in [0.05, 0.1) is 0 Å². The van der Waals surface area contributed by atoms with Crippen LogP contribution in [0.5, 0.6) is 5.75 Å². The second-order valence-corrected chi connectivity index (χ2v) is 7.80. The van der Waals surface area contributed by atoms with E-state index in [1.807, 2.05) is 48.5 Å². The largest absolute Gasteiger partial charge is 0.481 e. The summed E-state index contributed by atoms with van der Waals surface area (Å²) in [6, 6.07) is 15.9. The Balaban J connectivity index is 1.95. The molecular formula is C22H29NO2. The molecule has 0 saturated carbocycles. The number of carbonyl (C=O) groups is 1. The summed E-state index contributed by atoms with van der Waals surface area (Å²) in [7, 11) is 0. The van der Waals surface area contributed by atoms with Crippen molar-refractivity contribution in [3.63, 3.8) is 0 Å². The summed E-state index contributed by atoms with van der Waals surface area (Å²) in [6.07, 6.45) is -0.563. The van der Waals surface area contributed by atoms with E-state index in [1.165, 1.54) is 11.1 Å². The third-order valence-corrected chi connectivity index (χ3v) is 4.25. The zero-order valence-corrected chi connectivity index (χ0v) is 16.1. The summed E-state index contributed by atoms with van der Waals surface area (Å²) in [5.74, 6) is 1.03. The van der Waals surface area contributed by atoms with Gasteiger partial charge < -0.3 is 10.1 Å². The van der Waals surface area contributed by atoms with Gasteiger partial charge in [0.1, 0.15) is 5.75 Å². The topological polar surface area (TPSA) is 38.3 Å². The van der Waals surface area contributed by atoms with E-state index in [-0.39, 0.29) is 11.3 Å². The van der Waals surface area contributed by atoms with E-state index >= 15 is 0 Å². The molecule has 0 aliphatic rings. The molecular weight excluding hydrogens is 310 g/mol. The lowest BCUT2D eigenvalue weighted by Gasteiger charge is -2.20. The van der Waals surface area contributed by atoms with Crippen LogP contribution in [-0.2, 0) is 10.2 Å². The maximum atomic E-state index is 12.3. The van der Waals surface area contributed by atoms with Crippen LogP contribution in [0.25, 0.3) is 0 Å². The van der Waals surface area contributed by atoms with Crippen molar-refractivity contribution >= 4 is 11.6 Å². The lowest BCUT2D eigenvalue weighted by Crippen LogP contribution is -2.30. The molecule has 25 heavy (non-hydrogen) atoms. The van der Waals surface area contributed by atoms with E-state index in [0.29, 0.717) is 11.7 Å². The molecule has 0 radical (unpaired) electrons. The summed E-state index contributed by atoms with van der Waals surface area (Å²) in [5.41, 5.74) is 3.37. The van der Waals surface area contributed by atoms with Crippen LogP contribution in [0.1, 0.15) is 58.6 Å². The fourth-order valence-electron chi connectivity index (χ4n) is 2.49.